The van der Waals surface area contributed by atoms with E-state index in [1.54, 1.807) is 10.9 Å². The quantitative estimate of drug-likeness (QED) is 0.715. The minimum absolute atomic E-state index is 0.355. The Kier molecular flexibility index (Phi) is 3.91. The molecule has 0 bridgehead atoms. The maximum Gasteiger partial charge on any atom is 0.349 e. The highest BCUT2D eigenvalue weighted by Gasteiger charge is 2.11. The third-order valence-electron chi connectivity index (χ3n) is 3.64. The summed E-state index contributed by atoms with van der Waals surface area (Å²) in [6.07, 6.45) is 3.58. The molecular formula is C16H17N4O2-. The van der Waals surface area contributed by atoms with Crippen LogP contribution in [0.2, 0.25) is 0 Å². The number of aromatic nitrogens is 4. The second-order valence-electron chi connectivity index (χ2n) is 5.24. The maximum absolute atomic E-state index is 12.1. The summed E-state index contributed by atoms with van der Waals surface area (Å²) in [5, 5.41) is 12.1. The van der Waals surface area contributed by atoms with Gasteiger partial charge in [-0.15, -0.1) is 0 Å². The van der Waals surface area contributed by atoms with E-state index in [2.05, 4.69) is 16.9 Å². The number of fused-ring (bicyclic) bond motifs is 1. The van der Waals surface area contributed by atoms with Gasteiger partial charge in [-0.25, -0.2) is 14.8 Å². The Hall–Kier alpha value is -2.63. The normalized spacial score (nSPS) is 11.1. The lowest BCUT2D eigenvalue weighted by Gasteiger charge is -2.13. The van der Waals surface area contributed by atoms with E-state index in [1.165, 1.54) is 4.57 Å². The van der Waals surface area contributed by atoms with Gasteiger partial charge in [0.2, 0.25) is 0 Å². The van der Waals surface area contributed by atoms with Crippen LogP contribution in [-0.2, 0) is 13.1 Å². The molecule has 2 aromatic heterocycles. The number of unbranched alkanes of at least 4 members (excludes halogenated alkanes) is 1. The highest BCUT2D eigenvalue weighted by Crippen LogP contribution is 2.18. The van der Waals surface area contributed by atoms with Gasteiger partial charge in [0.15, 0.2) is 5.65 Å². The number of hydrogen-bond donors (Lipinski definition) is 0. The van der Waals surface area contributed by atoms with Crippen LogP contribution in [0.5, 0.6) is 5.88 Å². The predicted molar refractivity (Wildman–Crippen MR) is 81.7 cm³/mol. The fraction of sp³-hybridized carbons (Fsp3) is 0.312. The second-order valence-corrected chi connectivity index (χ2v) is 5.24. The number of nitrogens with zero attached hydrogens (tertiary/aromatic N) is 4. The fourth-order valence-electron chi connectivity index (χ4n) is 2.48. The molecule has 1 aromatic carbocycles. The molecule has 3 rings (SSSR count). The van der Waals surface area contributed by atoms with Crippen LogP contribution in [0.4, 0.5) is 0 Å². The Labute approximate surface area is 127 Å². The Morgan fingerprint density at radius 1 is 1.23 bits per heavy atom. The smallest absolute Gasteiger partial charge is 0.349 e. The molecule has 22 heavy (non-hydrogen) atoms. The van der Waals surface area contributed by atoms with Crippen LogP contribution in [0.25, 0.3) is 11.2 Å². The molecule has 3 aromatic rings. The molecule has 0 atom stereocenters. The second kappa shape index (κ2) is 6.01. The van der Waals surface area contributed by atoms with Crippen molar-refractivity contribution in [3.8, 4) is 5.88 Å². The van der Waals surface area contributed by atoms with Gasteiger partial charge in [-0.3, -0.25) is 4.57 Å². The molecular weight excluding hydrogens is 280 g/mol. The van der Waals surface area contributed by atoms with Crippen LogP contribution >= 0.6 is 0 Å². The molecule has 0 saturated carbocycles. The Morgan fingerprint density at radius 3 is 2.73 bits per heavy atom. The minimum Gasteiger partial charge on any atom is -0.857 e. The van der Waals surface area contributed by atoms with Gasteiger partial charge in [-0.05, 0) is 12.0 Å². The van der Waals surface area contributed by atoms with Crippen molar-refractivity contribution < 1.29 is 5.11 Å². The maximum atomic E-state index is 12.1. The number of hydrogen-bond acceptors (Lipinski definition) is 4. The third kappa shape index (κ3) is 2.59. The van der Waals surface area contributed by atoms with Crippen molar-refractivity contribution in [1.29, 1.82) is 0 Å². The third-order valence-corrected chi connectivity index (χ3v) is 3.64. The summed E-state index contributed by atoms with van der Waals surface area (Å²) in [4.78, 5) is 20.0. The molecule has 114 valence electrons. The Balaban J connectivity index is 2.10. The van der Waals surface area contributed by atoms with Gasteiger partial charge in [0.1, 0.15) is 0 Å². The molecule has 0 amide bonds. The fourth-order valence-corrected chi connectivity index (χ4v) is 2.48. The first-order valence-corrected chi connectivity index (χ1v) is 7.37. The zero-order valence-corrected chi connectivity index (χ0v) is 12.4. The minimum atomic E-state index is -0.554. The average Bonchev–Trinajstić information content (AvgIpc) is 2.94. The molecule has 6 nitrogen and oxygen atoms in total. The van der Waals surface area contributed by atoms with Crippen LogP contribution in [0, 0.1) is 0 Å². The summed E-state index contributed by atoms with van der Waals surface area (Å²) >= 11 is 0. The van der Waals surface area contributed by atoms with Crippen molar-refractivity contribution in [3.63, 3.8) is 0 Å². The molecule has 0 aliphatic heterocycles. The zero-order valence-electron chi connectivity index (χ0n) is 12.4. The standard InChI is InChI=1S/C16H18N4O2/c1-2-3-9-19-11-17-14-13(19)15(21)18-16(22)20(14)10-12-7-5-4-6-8-12/h4-8,11H,2-3,9-10H2,1H3,(H,18,21,22)/p-1. The van der Waals surface area contributed by atoms with Crippen LogP contribution in [0.15, 0.2) is 41.5 Å². The molecule has 0 N–H and O–H groups in total. The summed E-state index contributed by atoms with van der Waals surface area (Å²) in [5.41, 5.74) is 1.23. The van der Waals surface area contributed by atoms with E-state index in [9.17, 15) is 9.90 Å². The van der Waals surface area contributed by atoms with E-state index < -0.39 is 11.6 Å². The largest absolute Gasteiger partial charge is 0.857 e. The van der Waals surface area contributed by atoms with Gasteiger partial charge in [-0.1, -0.05) is 43.7 Å². The summed E-state index contributed by atoms with van der Waals surface area (Å²) in [6, 6.07) is 9.59. The first-order chi connectivity index (χ1) is 10.7. The number of imidazole rings is 1. The highest BCUT2D eigenvalue weighted by molar-refractivity contribution is 5.76. The molecule has 0 aliphatic carbocycles. The average molecular weight is 297 g/mol. The van der Waals surface area contributed by atoms with E-state index in [1.807, 2.05) is 30.3 Å². The van der Waals surface area contributed by atoms with Gasteiger partial charge in [0.25, 0.3) is 0 Å². The molecule has 0 aliphatic rings. The lowest BCUT2D eigenvalue weighted by Crippen LogP contribution is -2.25. The number of rotatable bonds is 5. The van der Waals surface area contributed by atoms with Crippen molar-refractivity contribution in [2.75, 3.05) is 0 Å². The van der Waals surface area contributed by atoms with E-state index in [4.69, 9.17) is 0 Å². The van der Waals surface area contributed by atoms with Crippen molar-refractivity contribution >= 4 is 11.2 Å². The molecule has 6 heteroatoms. The lowest BCUT2D eigenvalue weighted by atomic mass is 10.2. The van der Waals surface area contributed by atoms with Crippen LogP contribution in [0.3, 0.4) is 0 Å². The van der Waals surface area contributed by atoms with Crippen LogP contribution in [-0.4, -0.2) is 19.1 Å². The van der Waals surface area contributed by atoms with Gasteiger partial charge in [-0.2, -0.15) is 0 Å². The first kappa shape index (κ1) is 14.3. The lowest BCUT2D eigenvalue weighted by molar-refractivity contribution is -0.273. The van der Waals surface area contributed by atoms with E-state index in [-0.39, 0.29) is 0 Å². The van der Waals surface area contributed by atoms with Crippen LogP contribution in [0.1, 0.15) is 25.3 Å². The summed E-state index contributed by atoms with van der Waals surface area (Å²) in [5.74, 6) is -0.502. The molecule has 0 unspecified atom stereocenters. The van der Waals surface area contributed by atoms with E-state index in [0.717, 1.165) is 18.4 Å². The summed E-state index contributed by atoms with van der Waals surface area (Å²) < 4.78 is 3.24. The van der Waals surface area contributed by atoms with E-state index in [0.29, 0.717) is 24.3 Å². The van der Waals surface area contributed by atoms with Crippen LogP contribution < -0.4 is 10.8 Å². The predicted octanol–water partition coefficient (Wildman–Crippen LogP) is 1.51. The van der Waals surface area contributed by atoms with Crippen molar-refractivity contribution in [2.45, 2.75) is 32.9 Å². The molecule has 0 radical (unpaired) electrons. The summed E-state index contributed by atoms with van der Waals surface area (Å²) in [7, 11) is 0. The van der Waals surface area contributed by atoms with E-state index >= 15 is 0 Å². The van der Waals surface area contributed by atoms with Gasteiger partial charge in [0.05, 0.1) is 18.4 Å². The SMILES string of the molecule is CCCCn1cnc2c1c([O-])nc(=O)n2Cc1ccccc1. The molecule has 0 fully saturated rings. The van der Waals surface area contributed by atoms with Gasteiger partial charge in [0, 0.05) is 12.4 Å². The van der Waals surface area contributed by atoms with Crippen molar-refractivity contribution in [1.82, 2.24) is 19.1 Å². The van der Waals surface area contributed by atoms with Gasteiger partial charge < -0.3 is 9.67 Å². The number of benzene rings is 1. The Bertz CT molecular complexity index is 836. The molecule has 2 heterocycles. The monoisotopic (exact) mass is 297 g/mol. The Morgan fingerprint density at radius 2 is 2.00 bits per heavy atom. The topological polar surface area (TPSA) is 75.8 Å². The zero-order chi connectivity index (χ0) is 15.5. The number of aryl methyl sites for hydroxylation is 1. The highest BCUT2D eigenvalue weighted by atomic mass is 16.3. The molecule has 0 saturated heterocycles. The first-order valence-electron chi connectivity index (χ1n) is 7.37. The van der Waals surface area contributed by atoms with Gasteiger partial charge >= 0.3 is 5.69 Å². The van der Waals surface area contributed by atoms with Crippen molar-refractivity contribution in [3.05, 3.63) is 52.7 Å². The summed E-state index contributed by atoms with van der Waals surface area (Å²) in [6.45, 7) is 3.14. The molecule has 0 spiro atoms. The van der Waals surface area contributed by atoms with Crippen molar-refractivity contribution in [2.24, 2.45) is 0 Å².